The third-order valence-electron chi connectivity index (χ3n) is 1.82. The number of esters is 1. The van der Waals surface area contributed by atoms with Crippen molar-refractivity contribution in [1.29, 1.82) is 0 Å². The minimum atomic E-state index is -0.309. The van der Waals surface area contributed by atoms with E-state index in [1.165, 1.54) is 7.11 Å². The molecule has 72 valence electrons. The normalized spacial score (nSPS) is 8.71. The molecule has 1 aromatic carbocycles. The van der Waals surface area contributed by atoms with Crippen LogP contribution in [-0.4, -0.2) is 13.1 Å². The fraction of sp³-hybridized carbons (Fsp3) is 0.250. The Morgan fingerprint density at radius 2 is 2.29 bits per heavy atom. The maximum atomic E-state index is 11.2. The second-order valence-corrected chi connectivity index (χ2v) is 2.80. The molecule has 0 aromatic heterocycles. The van der Waals surface area contributed by atoms with Gasteiger partial charge in [-0.15, -0.1) is 5.92 Å². The average Bonchev–Trinajstić information content (AvgIpc) is 2.25. The van der Waals surface area contributed by atoms with Crippen molar-refractivity contribution in [1.82, 2.24) is 0 Å². The number of benzene rings is 1. The zero-order valence-corrected chi connectivity index (χ0v) is 8.33. The summed E-state index contributed by atoms with van der Waals surface area (Å²) in [5.74, 6) is 5.45. The largest absolute Gasteiger partial charge is 0.465 e. The van der Waals surface area contributed by atoms with Crippen LogP contribution in [0.1, 0.15) is 22.8 Å². The molecule has 0 unspecified atom stereocenters. The van der Waals surface area contributed by atoms with Crippen LogP contribution in [0.2, 0.25) is 0 Å². The van der Waals surface area contributed by atoms with Gasteiger partial charge < -0.3 is 4.74 Å². The van der Waals surface area contributed by atoms with Gasteiger partial charge in [-0.1, -0.05) is 18.1 Å². The summed E-state index contributed by atoms with van der Waals surface area (Å²) in [6.45, 7) is 1.80. The summed E-state index contributed by atoms with van der Waals surface area (Å²) in [5.41, 5.74) is 1.60. The molecule has 0 aliphatic carbocycles. The van der Waals surface area contributed by atoms with E-state index in [0.717, 1.165) is 5.56 Å². The molecule has 0 fully saturated rings. The number of methoxy groups -OCH3 is 1. The molecule has 1 rings (SSSR count). The molecule has 0 N–H and O–H groups in total. The summed E-state index contributed by atoms with van der Waals surface area (Å²) in [4.78, 5) is 11.2. The highest BCUT2D eigenvalue weighted by atomic mass is 16.5. The van der Waals surface area contributed by atoms with Gasteiger partial charge >= 0.3 is 5.97 Å². The first-order chi connectivity index (χ1) is 6.77. The molecular formula is C12H12O2. The summed E-state index contributed by atoms with van der Waals surface area (Å²) in [5, 5.41) is 0. The molecule has 0 spiro atoms. The minimum absolute atomic E-state index is 0.309. The van der Waals surface area contributed by atoms with Crippen molar-refractivity contribution in [3.8, 4) is 11.8 Å². The number of hydrogen-bond donors (Lipinski definition) is 0. The van der Waals surface area contributed by atoms with E-state index in [4.69, 9.17) is 0 Å². The second kappa shape index (κ2) is 5.08. The molecule has 0 atom stereocenters. The van der Waals surface area contributed by atoms with Gasteiger partial charge in [0.25, 0.3) is 0 Å². The molecule has 2 nitrogen and oxygen atoms in total. The Morgan fingerprint density at radius 3 is 2.93 bits per heavy atom. The molecule has 0 aliphatic rings. The van der Waals surface area contributed by atoms with Crippen LogP contribution in [0, 0.1) is 11.8 Å². The summed E-state index contributed by atoms with van der Waals surface area (Å²) in [7, 11) is 1.38. The van der Waals surface area contributed by atoms with E-state index in [0.29, 0.717) is 12.0 Å². The standard InChI is InChI=1S/C12H12O2/c1-3-4-6-10-7-5-8-11(9-10)12(13)14-2/h5,7-9H,6H2,1-2H3. The third-order valence-corrected chi connectivity index (χ3v) is 1.82. The lowest BCUT2D eigenvalue weighted by molar-refractivity contribution is 0.0600. The topological polar surface area (TPSA) is 26.3 Å². The molecular weight excluding hydrogens is 176 g/mol. The van der Waals surface area contributed by atoms with Crippen LogP contribution in [0.15, 0.2) is 24.3 Å². The van der Waals surface area contributed by atoms with Gasteiger partial charge in [-0.05, 0) is 24.6 Å². The predicted octanol–water partition coefficient (Wildman–Crippen LogP) is 2.04. The smallest absolute Gasteiger partial charge is 0.337 e. The molecule has 0 bridgehead atoms. The van der Waals surface area contributed by atoms with Crippen LogP contribution in [0.25, 0.3) is 0 Å². The fourth-order valence-corrected chi connectivity index (χ4v) is 1.12. The summed E-state index contributed by atoms with van der Waals surface area (Å²) in [6, 6.07) is 7.31. The van der Waals surface area contributed by atoms with Crippen LogP contribution in [0.4, 0.5) is 0 Å². The van der Waals surface area contributed by atoms with Crippen LogP contribution >= 0.6 is 0 Å². The third kappa shape index (κ3) is 2.63. The maximum absolute atomic E-state index is 11.2. The quantitative estimate of drug-likeness (QED) is 0.524. The first kappa shape index (κ1) is 10.3. The zero-order chi connectivity index (χ0) is 10.4. The molecule has 0 aliphatic heterocycles. The van der Waals surface area contributed by atoms with Gasteiger partial charge in [0, 0.05) is 6.42 Å². The van der Waals surface area contributed by atoms with Crippen LogP contribution in [0.3, 0.4) is 0 Å². The number of rotatable bonds is 2. The minimum Gasteiger partial charge on any atom is -0.465 e. The number of carbonyl (C=O) groups is 1. The van der Waals surface area contributed by atoms with Gasteiger partial charge in [-0.25, -0.2) is 4.79 Å². The average molecular weight is 188 g/mol. The van der Waals surface area contributed by atoms with Crippen molar-refractivity contribution in [2.45, 2.75) is 13.3 Å². The Hall–Kier alpha value is -1.75. The number of hydrogen-bond acceptors (Lipinski definition) is 2. The Balaban J connectivity index is 2.87. The number of carbonyl (C=O) groups excluding carboxylic acids is 1. The Labute approximate surface area is 83.9 Å². The lowest BCUT2D eigenvalue weighted by Crippen LogP contribution is -2.01. The van der Waals surface area contributed by atoms with Crippen LogP contribution < -0.4 is 0 Å². The molecule has 0 amide bonds. The van der Waals surface area contributed by atoms with E-state index in [2.05, 4.69) is 16.6 Å². The van der Waals surface area contributed by atoms with Gasteiger partial charge in [0.2, 0.25) is 0 Å². The van der Waals surface area contributed by atoms with Gasteiger partial charge in [-0.2, -0.15) is 0 Å². The molecule has 0 heterocycles. The first-order valence-electron chi connectivity index (χ1n) is 4.34. The SMILES string of the molecule is CC#CCc1cccc(C(=O)OC)c1. The summed E-state index contributed by atoms with van der Waals surface area (Å²) >= 11 is 0. The molecule has 0 saturated carbocycles. The van der Waals surface area contributed by atoms with E-state index in [-0.39, 0.29) is 5.97 Å². The van der Waals surface area contributed by atoms with Crippen LogP contribution in [-0.2, 0) is 11.2 Å². The van der Waals surface area contributed by atoms with Crippen molar-refractivity contribution in [2.24, 2.45) is 0 Å². The highest BCUT2D eigenvalue weighted by Gasteiger charge is 2.04. The van der Waals surface area contributed by atoms with Crippen molar-refractivity contribution in [3.63, 3.8) is 0 Å². The van der Waals surface area contributed by atoms with Gasteiger partial charge in [0.05, 0.1) is 12.7 Å². The Bertz CT molecular complexity index is 383. The molecule has 2 heteroatoms. The predicted molar refractivity (Wildman–Crippen MR) is 54.9 cm³/mol. The lowest BCUT2D eigenvalue weighted by atomic mass is 10.1. The van der Waals surface area contributed by atoms with E-state index in [9.17, 15) is 4.79 Å². The second-order valence-electron chi connectivity index (χ2n) is 2.80. The van der Waals surface area contributed by atoms with Crippen molar-refractivity contribution in [3.05, 3.63) is 35.4 Å². The van der Waals surface area contributed by atoms with Crippen molar-refractivity contribution in [2.75, 3.05) is 7.11 Å². The van der Waals surface area contributed by atoms with E-state index in [1.54, 1.807) is 19.1 Å². The van der Waals surface area contributed by atoms with Crippen molar-refractivity contribution >= 4 is 5.97 Å². The highest BCUT2D eigenvalue weighted by Crippen LogP contribution is 2.06. The number of ether oxygens (including phenoxy) is 1. The maximum Gasteiger partial charge on any atom is 0.337 e. The van der Waals surface area contributed by atoms with E-state index < -0.39 is 0 Å². The Kier molecular flexibility index (Phi) is 3.75. The van der Waals surface area contributed by atoms with E-state index in [1.807, 2.05) is 12.1 Å². The van der Waals surface area contributed by atoms with E-state index >= 15 is 0 Å². The molecule has 1 aromatic rings. The summed E-state index contributed by atoms with van der Waals surface area (Å²) < 4.78 is 4.62. The lowest BCUT2D eigenvalue weighted by Gasteiger charge is -2.00. The first-order valence-corrected chi connectivity index (χ1v) is 4.34. The molecule has 0 radical (unpaired) electrons. The van der Waals surface area contributed by atoms with Crippen LogP contribution in [0.5, 0.6) is 0 Å². The zero-order valence-electron chi connectivity index (χ0n) is 8.33. The van der Waals surface area contributed by atoms with Crippen molar-refractivity contribution < 1.29 is 9.53 Å². The summed E-state index contributed by atoms with van der Waals surface area (Å²) in [6.07, 6.45) is 0.668. The molecule has 14 heavy (non-hydrogen) atoms. The van der Waals surface area contributed by atoms with Gasteiger partial charge in [0.15, 0.2) is 0 Å². The highest BCUT2D eigenvalue weighted by molar-refractivity contribution is 5.89. The van der Waals surface area contributed by atoms with Gasteiger partial charge in [-0.3, -0.25) is 0 Å². The van der Waals surface area contributed by atoms with Gasteiger partial charge in [0.1, 0.15) is 0 Å². The molecule has 0 saturated heterocycles. The Morgan fingerprint density at radius 1 is 1.50 bits per heavy atom. The fourth-order valence-electron chi connectivity index (χ4n) is 1.12. The monoisotopic (exact) mass is 188 g/mol.